The van der Waals surface area contributed by atoms with E-state index in [1.54, 1.807) is 0 Å². The van der Waals surface area contributed by atoms with Gasteiger partial charge in [0.2, 0.25) is 0 Å². The van der Waals surface area contributed by atoms with E-state index in [1.165, 1.54) is 0 Å². The van der Waals surface area contributed by atoms with Gasteiger partial charge in [-0.15, -0.1) is 0 Å². The van der Waals surface area contributed by atoms with Gasteiger partial charge in [-0.3, -0.25) is 9.78 Å². The van der Waals surface area contributed by atoms with Crippen molar-refractivity contribution in [1.82, 2.24) is 4.98 Å². The lowest BCUT2D eigenvalue weighted by molar-refractivity contribution is -0.123. The Morgan fingerprint density at radius 2 is 1.94 bits per heavy atom. The van der Waals surface area contributed by atoms with Gasteiger partial charge >= 0.3 is 0 Å². The molecule has 2 N–H and O–H groups in total. The summed E-state index contributed by atoms with van der Waals surface area (Å²) in [5.41, 5.74) is 6.78. The van der Waals surface area contributed by atoms with Crippen LogP contribution >= 0.6 is 0 Å². The van der Waals surface area contributed by atoms with Crippen molar-refractivity contribution in [1.29, 1.82) is 0 Å². The quantitative estimate of drug-likeness (QED) is 0.895. The number of benzene rings is 1. The van der Waals surface area contributed by atoms with Crippen LogP contribution in [0.5, 0.6) is 0 Å². The normalized spacial score (nSPS) is 12.9. The molecule has 1 unspecified atom stereocenters. The lowest BCUT2D eigenvalue weighted by atomic mass is 9.98. The molecule has 1 heterocycles. The summed E-state index contributed by atoms with van der Waals surface area (Å²) in [5, 5.41) is 2.23. The molecule has 0 aliphatic carbocycles. The molecule has 1 atom stereocenters. The minimum atomic E-state index is -0.460. The van der Waals surface area contributed by atoms with Gasteiger partial charge < -0.3 is 5.73 Å². The summed E-state index contributed by atoms with van der Waals surface area (Å²) in [6.45, 7) is 3.74. The van der Waals surface area contributed by atoms with Crippen LogP contribution in [0.3, 0.4) is 0 Å². The summed E-state index contributed by atoms with van der Waals surface area (Å²) in [4.78, 5) is 16.1. The number of hydrogen-bond acceptors (Lipinski definition) is 3. The molecule has 0 aliphatic heterocycles. The van der Waals surface area contributed by atoms with Gasteiger partial charge in [0, 0.05) is 29.6 Å². The number of hydrogen-bond donors (Lipinski definition) is 1. The van der Waals surface area contributed by atoms with Crippen LogP contribution in [0.25, 0.3) is 10.8 Å². The molecule has 1 aromatic heterocycles. The van der Waals surface area contributed by atoms with E-state index in [2.05, 4.69) is 4.98 Å². The number of pyridine rings is 1. The lowest BCUT2D eigenvalue weighted by Crippen LogP contribution is -2.35. The summed E-state index contributed by atoms with van der Waals surface area (Å²) < 4.78 is 0. The molecule has 0 aliphatic rings. The zero-order chi connectivity index (χ0) is 13.1. The number of Topliss-reactive ketones (excluding diaryl/α,β-unsaturated/α-hetero) is 1. The largest absolute Gasteiger partial charge is 0.321 e. The molecule has 0 spiro atoms. The second-order valence-electron chi connectivity index (χ2n) is 4.89. The van der Waals surface area contributed by atoms with E-state index in [0.717, 1.165) is 16.5 Å². The smallest absolute Gasteiger partial charge is 0.152 e. The fourth-order valence-corrected chi connectivity index (χ4v) is 1.99. The first kappa shape index (κ1) is 12.7. The molecular weight excluding hydrogens is 224 g/mol. The first-order chi connectivity index (χ1) is 8.58. The minimum absolute atomic E-state index is 0.0274. The van der Waals surface area contributed by atoms with Crippen LogP contribution in [0.15, 0.2) is 36.5 Å². The van der Waals surface area contributed by atoms with E-state index in [1.807, 2.05) is 50.4 Å². The highest BCUT2D eigenvalue weighted by Crippen LogP contribution is 2.14. The number of fused-ring (bicyclic) bond motifs is 1. The van der Waals surface area contributed by atoms with E-state index in [0.29, 0.717) is 6.42 Å². The van der Waals surface area contributed by atoms with Gasteiger partial charge in [0.25, 0.3) is 0 Å². The van der Waals surface area contributed by atoms with Crippen molar-refractivity contribution >= 4 is 16.6 Å². The fourth-order valence-electron chi connectivity index (χ4n) is 1.99. The lowest BCUT2D eigenvalue weighted by Gasteiger charge is -2.12. The van der Waals surface area contributed by atoms with Crippen LogP contribution < -0.4 is 5.73 Å². The summed E-state index contributed by atoms with van der Waals surface area (Å²) in [6, 6.07) is 9.58. The van der Waals surface area contributed by atoms with Crippen molar-refractivity contribution in [3.05, 3.63) is 42.2 Å². The molecule has 3 heteroatoms. The Morgan fingerprint density at radius 3 is 2.61 bits per heavy atom. The standard InChI is InChI=1S/C15H18N2O/c1-10(2)15(18)14(16)8-13-7-11-5-3-4-6-12(11)9-17-13/h3-7,9-10,14H,8,16H2,1-2H3. The monoisotopic (exact) mass is 242 g/mol. The summed E-state index contributed by atoms with van der Waals surface area (Å²) in [7, 11) is 0. The van der Waals surface area contributed by atoms with Crippen molar-refractivity contribution in [2.45, 2.75) is 26.3 Å². The summed E-state index contributed by atoms with van der Waals surface area (Å²) in [6.07, 6.45) is 2.33. The van der Waals surface area contributed by atoms with Gasteiger partial charge in [-0.25, -0.2) is 0 Å². The zero-order valence-electron chi connectivity index (χ0n) is 10.8. The van der Waals surface area contributed by atoms with E-state index < -0.39 is 6.04 Å². The molecule has 0 amide bonds. The number of rotatable bonds is 4. The first-order valence-corrected chi connectivity index (χ1v) is 6.21. The van der Waals surface area contributed by atoms with E-state index in [-0.39, 0.29) is 11.7 Å². The van der Waals surface area contributed by atoms with Crippen LogP contribution in [-0.4, -0.2) is 16.8 Å². The molecule has 0 saturated heterocycles. The number of carbonyl (C=O) groups excluding carboxylic acids is 1. The second-order valence-corrected chi connectivity index (χ2v) is 4.89. The molecule has 2 rings (SSSR count). The molecule has 18 heavy (non-hydrogen) atoms. The average molecular weight is 242 g/mol. The number of carbonyl (C=O) groups is 1. The van der Waals surface area contributed by atoms with E-state index >= 15 is 0 Å². The predicted molar refractivity (Wildman–Crippen MR) is 73.3 cm³/mol. The minimum Gasteiger partial charge on any atom is -0.321 e. The van der Waals surface area contributed by atoms with E-state index in [9.17, 15) is 4.79 Å². The van der Waals surface area contributed by atoms with Crippen LogP contribution in [0.1, 0.15) is 19.5 Å². The van der Waals surface area contributed by atoms with Crippen molar-refractivity contribution in [2.24, 2.45) is 11.7 Å². The SMILES string of the molecule is CC(C)C(=O)C(N)Cc1cc2ccccc2cn1. The molecule has 2 aromatic rings. The van der Waals surface area contributed by atoms with Crippen molar-refractivity contribution in [2.75, 3.05) is 0 Å². The second kappa shape index (κ2) is 5.27. The van der Waals surface area contributed by atoms with Crippen LogP contribution in [0.4, 0.5) is 0 Å². The number of nitrogens with two attached hydrogens (primary N) is 1. The molecule has 0 fully saturated rings. The third-order valence-corrected chi connectivity index (χ3v) is 3.05. The third-order valence-electron chi connectivity index (χ3n) is 3.05. The van der Waals surface area contributed by atoms with Gasteiger partial charge in [-0.05, 0) is 11.5 Å². The van der Waals surface area contributed by atoms with Gasteiger partial charge in [-0.1, -0.05) is 38.1 Å². The Balaban J connectivity index is 2.19. The third kappa shape index (κ3) is 2.74. The number of aromatic nitrogens is 1. The molecule has 94 valence electrons. The average Bonchev–Trinajstić information content (AvgIpc) is 2.37. The number of ketones is 1. The van der Waals surface area contributed by atoms with E-state index in [4.69, 9.17) is 5.73 Å². The highest BCUT2D eigenvalue weighted by molar-refractivity contribution is 5.86. The Morgan fingerprint density at radius 1 is 1.28 bits per heavy atom. The van der Waals surface area contributed by atoms with Gasteiger partial charge in [0.15, 0.2) is 5.78 Å². The highest BCUT2D eigenvalue weighted by atomic mass is 16.1. The Bertz CT molecular complexity index is 563. The topological polar surface area (TPSA) is 56.0 Å². The maximum Gasteiger partial charge on any atom is 0.152 e. The first-order valence-electron chi connectivity index (χ1n) is 6.21. The summed E-state index contributed by atoms with van der Waals surface area (Å²) in [5.74, 6) is 0.0606. The van der Waals surface area contributed by atoms with Crippen molar-refractivity contribution in [3.63, 3.8) is 0 Å². The highest BCUT2D eigenvalue weighted by Gasteiger charge is 2.17. The predicted octanol–water partition coefficient (Wildman–Crippen LogP) is 2.33. The van der Waals surface area contributed by atoms with Crippen molar-refractivity contribution < 1.29 is 4.79 Å². The zero-order valence-corrected chi connectivity index (χ0v) is 10.8. The molecular formula is C15H18N2O. The van der Waals surface area contributed by atoms with Gasteiger partial charge in [0.05, 0.1) is 6.04 Å². The Hall–Kier alpha value is -1.74. The molecule has 0 radical (unpaired) electrons. The number of nitrogens with zero attached hydrogens (tertiary/aromatic N) is 1. The molecule has 3 nitrogen and oxygen atoms in total. The van der Waals surface area contributed by atoms with Crippen LogP contribution in [-0.2, 0) is 11.2 Å². The van der Waals surface area contributed by atoms with Crippen LogP contribution in [0, 0.1) is 5.92 Å². The van der Waals surface area contributed by atoms with Crippen LogP contribution in [0.2, 0.25) is 0 Å². The Kier molecular flexibility index (Phi) is 3.72. The summed E-state index contributed by atoms with van der Waals surface area (Å²) >= 11 is 0. The van der Waals surface area contributed by atoms with Gasteiger partial charge in [0.1, 0.15) is 0 Å². The van der Waals surface area contributed by atoms with Crippen molar-refractivity contribution in [3.8, 4) is 0 Å². The maximum absolute atomic E-state index is 11.8. The Labute approximate surface area is 107 Å². The maximum atomic E-state index is 11.8. The molecule has 1 aromatic carbocycles. The van der Waals surface area contributed by atoms with Gasteiger partial charge in [-0.2, -0.15) is 0 Å². The molecule has 0 bridgehead atoms. The fraction of sp³-hybridized carbons (Fsp3) is 0.333. The molecule has 0 saturated carbocycles.